The van der Waals surface area contributed by atoms with E-state index in [1.165, 1.54) is 0 Å². The molecule has 0 spiro atoms. The first-order valence-corrected chi connectivity index (χ1v) is 4.52. The third-order valence-corrected chi connectivity index (χ3v) is 1.95. The normalized spacial score (nSPS) is 16.0. The molecule has 0 fully saturated rings. The van der Waals surface area contributed by atoms with Crippen molar-refractivity contribution in [1.82, 2.24) is 5.32 Å². The molecule has 3 heteroatoms. The first-order chi connectivity index (χ1) is 5.74. The van der Waals surface area contributed by atoms with Gasteiger partial charge in [-0.1, -0.05) is 0 Å². The Hall–Kier alpha value is -0.120. The molecular weight excluding hydrogens is 154 g/mol. The largest absolute Gasteiger partial charge is 0.382 e. The number of rotatable bonds is 7. The van der Waals surface area contributed by atoms with Gasteiger partial charge in [0.05, 0.1) is 12.7 Å². The molecule has 74 valence electrons. The fraction of sp³-hybridized carbons (Fsp3) is 1.00. The van der Waals surface area contributed by atoms with Crippen LogP contribution >= 0.6 is 0 Å². The van der Waals surface area contributed by atoms with Crippen LogP contribution in [0, 0.1) is 0 Å². The van der Waals surface area contributed by atoms with Crippen LogP contribution in [0.15, 0.2) is 0 Å². The van der Waals surface area contributed by atoms with Gasteiger partial charge in [-0.2, -0.15) is 0 Å². The summed E-state index contributed by atoms with van der Waals surface area (Å²) >= 11 is 0. The maximum absolute atomic E-state index is 5.31. The molecule has 0 saturated heterocycles. The average molecular weight is 175 g/mol. The molecule has 0 radical (unpaired) electrons. The smallest absolute Gasteiger partial charge is 0.0620 e. The standard InChI is InChI=1S/C9H21NO2/c1-5-12-7-9(10-3)6-8(2)11-4/h8-10H,5-7H2,1-4H3. The summed E-state index contributed by atoms with van der Waals surface area (Å²) < 4.78 is 10.5. The quantitative estimate of drug-likeness (QED) is 0.627. The SMILES string of the molecule is CCOCC(CC(C)OC)NC. The summed E-state index contributed by atoms with van der Waals surface area (Å²) in [4.78, 5) is 0. The highest BCUT2D eigenvalue weighted by Gasteiger charge is 2.10. The molecule has 0 amide bonds. The lowest BCUT2D eigenvalue weighted by atomic mass is 10.1. The minimum absolute atomic E-state index is 0.294. The topological polar surface area (TPSA) is 30.5 Å². The third-order valence-electron chi connectivity index (χ3n) is 1.95. The lowest BCUT2D eigenvalue weighted by Gasteiger charge is -2.19. The van der Waals surface area contributed by atoms with Gasteiger partial charge in [0.1, 0.15) is 0 Å². The Bertz CT molecular complexity index is 98.5. The van der Waals surface area contributed by atoms with Gasteiger partial charge in [-0.05, 0) is 27.3 Å². The van der Waals surface area contributed by atoms with Gasteiger partial charge in [0, 0.05) is 19.8 Å². The van der Waals surface area contributed by atoms with E-state index < -0.39 is 0 Å². The molecule has 3 nitrogen and oxygen atoms in total. The predicted molar refractivity (Wildman–Crippen MR) is 50.4 cm³/mol. The Morgan fingerprint density at radius 3 is 2.50 bits per heavy atom. The molecule has 0 bridgehead atoms. The number of likely N-dealkylation sites (N-methyl/N-ethyl adjacent to an activating group) is 1. The maximum atomic E-state index is 5.31. The minimum Gasteiger partial charge on any atom is -0.382 e. The van der Waals surface area contributed by atoms with Crippen molar-refractivity contribution < 1.29 is 9.47 Å². The highest BCUT2D eigenvalue weighted by molar-refractivity contribution is 4.67. The summed E-state index contributed by atoms with van der Waals surface area (Å²) in [5, 5.41) is 3.20. The van der Waals surface area contributed by atoms with Gasteiger partial charge in [0.2, 0.25) is 0 Å². The number of ether oxygens (including phenoxy) is 2. The van der Waals surface area contributed by atoms with Crippen molar-refractivity contribution in [2.75, 3.05) is 27.4 Å². The minimum atomic E-state index is 0.294. The second-order valence-corrected chi connectivity index (χ2v) is 2.93. The molecule has 2 unspecified atom stereocenters. The molecule has 0 heterocycles. The van der Waals surface area contributed by atoms with Crippen LogP contribution in [0.5, 0.6) is 0 Å². The Labute approximate surface area is 75.4 Å². The Kier molecular flexibility index (Phi) is 7.45. The van der Waals surface area contributed by atoms with Gasteiger partial charge in [0.25, 0.3) is 0 Å². The summed E-state index contributed by atoms with van der Waals surface area (Å²) in [6, 6.07) is 0.403. The van der Waals surface area contributed by atoms with E-state index in [1.54, 1.807) is 7.11 Å². The van der Waals surface area contributed by atoms with Crippen molar-refractivity contribution in [3.63, 3.8) is 0 Å². The third kappa shape index (κ3) is 5.52. The van der Waals surface area contributed by atoms with Gasteiger partial charge < -0.3 is 14.8 Å². The van der Waals surface area contributed by atoms with Gasteiger partial charge in [0.15, 0.2) is 0 Å². The second-order valence-electron chi connectivity index (χ2n) is 2.93. The molecule has 0 saturated carbocycles. The molecular formula is C9H21NO2. The van der Waals surface area contributed by atoms with Crippen molar-refractivity contribution in [2.45, 2.75) is 32.4 Å². The van der Waals surface area contributed by atoms with Crippen LogP contribution in [0.2, 0.25) is 0 Å². The molecule has 12 heavy (non-hydrogen) atoms. The molecule has 0 rings (SSSR count). The highest BCUT2D eigenvalue weighted by atomic mass is 16.5. The maximum Gasteiger partial charge on any atom is 0.0620 e. The monoisotopic (exact) mass is 175 g/mol. The number of hydrogen-bond acceptors (Lipinski definition) is 3. The first kappa shape index (κ1) is 11.9. The number of hydrogen-bond donors (Lipinski definition) is 1. The zero-order valence-electron chi connectivity index (χ0n) is 8.59. The van der Waals surface area contributed by atoms with E-state index in [2.05, 4.69) is 12.2 Å². The van der Waals surface area contributed by atoms with Crippen LogP contribution < -0.4 is 5.32 Å². The van der Waals surface area contributed by atoms with Crippen LogP contribution in [0.4, 0.5) is 0 Å². The van der Waals surface area contributed by atoms with E-state index in [0.29, 0.717) is 12.1 Å². The van der Waals surface area contributed by atoms with Crippen LogP contribution in [-0.4, -0.2) is 39.5 Å². The fourth-order valence-electron chi connectivity index (χ4n) is 1.03. The molecule has 0 aromatic carbocycles. The zero-order chi connectivity index (χ0) is 9.40. The summed E-state index contributed by atoms with van der Waals surface area (Å²) in [6.45, 7) is 5.61. The van der Waals surface area contributed by atoms with Gasteiger partial charge in [-0.25, -0.2) is 0 Å². The first-order valence-electron chi connectivity index (χ1n) is 4.52. The van der Waals surface area contributed by atoms with Crippen LogP contribution in [0.1, 0.15) is 20.3 Å². The lowest BCUT2D eigenvalue weighted by Crippen LogP contribution is -2.33. The highest BCUT2D eigenvalue weighted by Crippen LogP contribution is 2.01. The van der Waals surface area contributed by atoms with E-state index in [9.17, 15) is 0 Å². The van der Waals surface area contributed by atoms with E-state index in [-0.39, 0.29) is 0 Å². The average Bonchev–Trinajstić information content (AvgIpc) is 2.11. The summed E-state index contributed by atoms with van der Waals surface area (Å²) in [7, 11) is 3.68. The summed E-state index contributed by atoms with van der Waals surface area (Å²) in [5.74, 6) is 0. The molecule has 0 aliphatic rings. The summed E-state index contributed by atoms with van der Waals surface area (Å²) in [6.07, 6.45) is 1.29. The molecule has 2 atom stereocenters. The van der Waals surface area contributed by atoms with Crippen LogP contribution in [0.25, 0.3) is 0 Å². The van der Waals surface area contributed by atoms with Gasteiger partial charge >= 0.3 is 0 Å². The molecule has 1 N–H and O–H groups in total. The second kappa shape index (κ2) is 7.53. The lowest BCUT2D eigenvalue weighted by molar-refractivity contribution is 0.0716. The summed E-state index contributed by atoms with van der Waals surface area (Å²) in [5.41, 5.74) is 0. The van der Waals surface area contributed by atoms with Crippen molar-refractivity contribution in [2.24, 2.45) is 0 Å². The molecule has 0 aliphatic carbocycles. The molecule has 0 aromatic rings. The molecule has 0 aromatic heterocycles. The predicted octanol–water partition coefficient (Wildman–Crippen LogP) is 1.04. The van der Waals surface area contributed by atoms with Crippen molar-refractivity contribution in [3.05, 3.63) is 0 Å². The molecule has 0 aliphatic heterocycles. The number of nitrogens with one attached hydrogen (secondary N) is 1. The Morgan fingerprint density at radius 2 is 2.08 bits per heavy atom. The zero-order valence-corrected chi connectivity index (χ0v) is 8.59. The van der Waals surface area contributed by atoms with E-state index in [0.717, 1.165) is 19.6 Å². The van der Waals surface area contributed by atoms with Gasteiger partial charge in [-0.15, -0.1) is 0 Å². The van der Waals surface area contributed by atoms with Crippen molar-refractivity contribution in [3.8, 4) is 0 Å². The van der Waals surface area contributed by atoms with E-state index in [1.807, 2.05) is 14.0 Å². The Morgan fingerprint density at radius 1 is 1.42 bits per heavy atom. The van der Waals surface area contributed by atoms with E-state index >= 15 is 0 Å². The van der Waals surface area contributed by atoms with Crippen LogP contribution in [0.3, 0.4) is 0 Å². The van der Waals surface area contributed by atoms with E-state index in [4.69, 9.17) is 9.47 Å². The fourth-order valence-corrected chi connectivity index (χ4v) is 1.03. The van der Waals surface area contributed by atoms with Crippen molar-refractivity contribution >= 4 is 0 Å². The van der Waals surface area contributed by atoms with Crippen molar-refractivity contribution in [1.29, 1.82) is 0 Å². The Balaban J connectivity index is 3.51. The number of methoxy groups -OCH3 is 1. The van der Waals surface area contributed by atoms with Crippen LogP contribution in [-0.2, 0) is 9.47 Å². The van der Waals surface area contributed by atoms with Gasteiger partial charge in [-0.3, -0.25) is 0 Å².